The van der Waals surface area contributed by atoms with Crippen LogP contribution in [0.5, 0.6) is 0 Å². The summed E-state index contributed by atoms with van der Waals surface area (Å²) < 4.78 is 13.0. The average molecular weight is 377 g/mol. The molecule has 1 aliphatic rings. The van der Waals surface area contributed by atoms with Gasteiger partial charge in [0.05, 0.1) is 0 Å². The number of hydrogen-bond acceptors (Lipinski definition) is 5. The zero-order chi connectivity index (χ0) is 19.3. The highest BCUT2D eigenvalue weighted by Gasteiger charge is 2.19. The standard InChI is InChI=1S/C22H24FN5/c1-17-3-2-4-20(15-17)27-11-13-28(14-12-27)22-24-10-9-21(26-22)25-16-18-5-7-19(23)8-6-18/h2-10,15H,11-14,16H2,1H3,(H,24,25,26). The van der Waals surface area contributed by atoms with Crippen molar-refractivity contribution in [1.82, 2.24) is 9.97 Å². The molecule has 0 bridgehead atoms. The number of nitrogens with one attached hydrogen (secondary N) is 1. The number of anilines is 3. The first-order valence-electron chi connectivity index (χ1n) is 9.55. The van der Waals surface area contributed by atoms with E-state index in [9.17, 15) is 4.39 Å². The predicted octanol–water partition coefficient (Wildman–Crippen LogP) is 3.86. The van der Waals surface area contributed by atoms with Crippen molar-refractivity contribution in [2.75, 3.05) is 41.3 Å². The number of nitrogens with zero attached hydrogens (tertiary/aromatic N) is 4. The Morgan fingerprint density at radius 1 is 0.964 bits per heavy atom. The van der Waals surface area contributed by atoms with Gasteiger partial charge in [0.15, 0.2) is 0 Å². The quantitative estimate of drug-likeness (QED) is 0.731. The summed E-state index contributed by atoms with van der Waals surface area (Å²) in [6.07, 6.45) is 1.78. The van der Waals surface area contributed by atoms with Crippen LogP contribution >= 0.6 is 0 Å². The van der Waals surface area contributed by atoms with Gasteiger partial charge in [-0.05, 0) is 48.4 Å². The number of rotatable bonds is 5. The van der Waals surface area contributed by atoms with Crippen LogP contribution in [0.3, 0.4) is 0 Å². The molecule has 144 valence electrons. The van der Waals surface area contributed by atoms with Gasteiger partial charge >= 0.3 is 0 Å². The lowest BCUT2D eigenvalue weighted by molar-refractivity contribution is 0.627. The lowest BCUT2D eigenvalue weighted by Crippen LogP contribution is -2.47. The third kappa shape index (κ3) is 4.39. The molecule has 0 unspecified atom stereocenters. The summed E-state index contributed by atoms with van der Waals surface area (Å²) in [4.78, 5) is 13.7. The van der Waals surface area contributed by atoms with Gasteiger partial charge in [-0.15, -0.1) is 0 Å². The Morgan fingerprint density at radius 2 is 1.71 bits per heavy atom. The molecule has 6 heteroatoms. The fourth-order valence-corrected chi connectivity index (χ4v) is 3.38. The van der Waals surface area contributed by atoms with E-state index in [0.29, 0.717) is 6.54 Å². The SMILES string of the molecule is Cc1cccc(N2CCN(c3nccc(NCc4ccc(F)cc4)n3)CC2)c1. The van der Waals surface area contributed by atoms with Gasteiger partial charge in [-0.25, -0.2) is 9.37 Å². The van der Waals surface area contributed by atoms with Crippen molar-refractivity contribution in [3.05, 3.63) is 77.7 Å². The van der Waals surface area contributed by atoms with Gasteiger partial charge in [0, 0.05) is 44.6 Å². The van der Waals surface area contributed by atoms with E-state index in [2.05, 4.69) is 56.3 Å². The zero-order valence-electron chi connectivity index (χ0n) is 16.0. The van der Waals surface area contributed by atoms with E-state index >= 15 is 0 Å². The van der Waals surface area contributed by atoms with E-state index in [0.717, 1.165) is 43.5 Å². The predicted molar refractivity (Wildman–Crippen MR) is 111 cm³/mol. The van der Waals surface area contributed by atoms with E-state index < -0.39 is 0 Å². The highest BCUT2D eigenvalue weighted by atomic mass is 19.1. The van der Waals surface area contributed by atoms with Crippen LogP contribution in [0.2, 0.25) is 0 Å². The molecule has 28 heavy (non-hydrogen) atoms. The Labute approximate surface area is 164 Å². The molecule has 1 saturated heterocycles. The maximum Gasteiger partial charge on any atom is 0.227 e. The van der Waals surface area contributed by atoms with Gasteiger partial charge in [-0.1, -0.05) is 24.3 Å². The topological polar surface area (TPSA) is 44.3 Å². The van der Waals surface area contributed by atoms with E-state index in [-0.39, 0.29) is 5.82 Å². The molecule has 0 amide bonds. The van der Waals surface area contributed by atoms with Crippen LogP contribution in [-0.2, 0) is 6.54 Å². The van der Waals surface area contributed by atoms with E-state index in [1.54, 1.807) is 18.3 Å². The van der Waals surface area contributed by atoms with Crippen molar-refractivity contribution in [3.63, 3.8) is 0 Å². The van der Waals surface area contributed by atoms with Crippen molar-refractivity contribution in [3.8, 4) is 0 Å². The monoisotopic (exact) mass is 377 g/mol. The molecular weight excluding hydrogens is 353 g/mol. The van der Waals surface area contributed by atoms with Crippen molar-refractivity contribution >= 4 is 17.5 Å². The molecule has 0 aliphatic carbocycles. The molecule has 3 aromatic rings. The molecule has 0 spiro atoms. The number of piperazine rings is 1. The minimum atomic E-state index is -0.224. The summed E-state index contributed by atoms with van der Waals surface area (Å²) in [5.74, 6) is 1.29. The molecule has 1 N–H and O–H groups in total. The third-order valence-electron chi connectivity index (χ3n) is 4.96. The van der Waals surface area contributed by atoms with Gasteiger partial charge < -0.3 is 15.1 Å². The van der Waals surface area contributed by atoms with Crippen molar-refractivity contribution in [2.24, 2.45) is 0 Å². The second-order valence-corrected chi connectivity index (χ2v) is 7.04. The number of benzene rings is 2. The fraction of sp³-hybridized carbons (Fsp3) is 0.273. The fourth-order valence-electron chi connectivity index (χ4n) is 3.38. The number of halogens is 1. The molecule has 2 aromatic carbocycles. The number of aryl methyl sites for hydroxylation is 1. The molecule has 0 saturated carbocycles. The van der Waals surface area contributed by atoms with Gasteiger partial charge in [-0.2, -0.15) is 4.98 Å². The van der Waals surface area contributed by atoms with Crippen molar-refractivity contribution in [2.45, 2.75) is 13.5 Å². The van der Waals surface area contributed by atoms with E-state index in [1.807, 2.05) is 6.07 Å². The van der Waals surface area contributed by atoms with Crippen LogP contribution in [-0.4, -0.2) is 36.1 Å². The van der Waals surface area contributed by atoms with E-state index in [1.165, 1.54) is 23.4 Å². The summed E-state index contributed by atoms with van der Waals surface area (Å²) in [7, 11) is 0. The molecule has 5 nitrogen and oxygen atoms in total. The first-order chi connectivity index (χ1) is 13.7. The Kier molecular flexibility index (Phi) is 5.37. The zero-order valence-corrected chi connectivity index (χ0v) is 16.0. The van der Waals surface area contributed by atoms with Crippen LogP contribution < -0.4 is 15.1 Å². The van der Waals surface area contributed by atoms with Gasteiger partial charge in [0.2, 0.25) is 5.95 Å². The molecule has 1 aromatic heterocycles. The Balaban J connectivity index is 1.36. The highest BCUT2D eigenvalue weighted by molar-refractivity contribution is 5.50. The lowest BCUT2D eigenvalue weighted by Gasteiger charge is -2.36. The largest absolute Gasteiger partial charge is 0.368 e. The summed E-state index contributed by atoms with van der Waals surface area (Å²) in [5.41, 5.74) is 3.56. The van der Waals surface area contributed by atoms with Crippen LogP contribution in [0.25, 0.3) is 0 Å². The number of hydrogen-bond donors (Lipinski definition) is 1. The smallest absolute Gasteiger partial charge is 0.227 e. The van der Waals surface area contributed by atoms with Crippen molar-refractivity contribution in [1.29, 1.82) is 0 Å². The molecule has 1 fully saturated rings. The highest BCUT2D eigenvalue weighted by Crippen LogP contribution is 2.20. The first-order valence-corrected chi connectivity index (χ1v) is 9.55. The molecule has 2 heterocycles. The maximum absolute atomic E-state index is 13.0. The van der Waals surface area contributed by atoms with Crippen LogP contribution in [0.1, 0.15) is 11.1 Å². The van der Waals surface area contributed by atoms with Crippen LogP contribution in [0.4, 0.5) is 21.8 Å². The minimum Gasteiger partial charge on any atom is -0.368 e. The average Bonchev–Trinajstić information content (AvgIpc) is 2.74. The Morgan fingerprint density at radius 3 is 2.46 bits per heavy atom. The van der Waals surface area contributed by atoms with Crippen LogP contribution in [0, 0.1) is 12.7 Å². The summed E-state index contributed by atoms with van der Waals surface area (Å²) in [5, 5.41) is 3.29. The van der Waals surface area contributed by atoms with Crippen molar-refractivity contribution < 1.29 is 4.39 Å². The maximum atomic E-state index is 13.0. The second kappa shape index (κ2) is 8.25. The van der Waals surface area contributed by atoms with E-state index in [4.69, 9.17) is 0 Å². The molecule has 1 aliphatic heterocycles. The van der Waals surface area contributed by atoms with Crippen LogP contribution in [0.15, 0.2) is 60.8 Å². The lowest BCUT2D eigenvalue weighted by atomic mass is 10.2. The molecular formula is C22H24FN5. The molecule has 0 radical (unpaired) electrons. The summed E-state index contributed by atoms with van der Waals surface area (Å²) in [6, 6.07) is 17.0. The third-order valence-corrected chi connectivity index (χ3v) is 4.96. The Bertz CT molecular complexity index is 920. The summed E-state index contributed by atoms with van der Waals surface area (Å²) >= 11 is 0. The Hall–Kier alpha value is -3.15. The van der Waals surface area contributed by atoms with Gasteiger partial charge in [0.1, 0.15) is 11.6 Å². The number of aromatic nitrogens is 2. The van der Waals surface area contributed by atoms with Gasteiger partial charge in [-0.3, -0.25) is 0 Å². The normalized spacial score (nSPS) is 14.2. The minimum absolute atomic E-state index is 0.224. The molecule has 4 rings (SSSR count). The van der Waals surface area contributed by atoms with Gasteiger partial charge in [0.25, 0.3) is 0 Å². The first kappa shape index (κ1) is 18.2. The second-order valence-electron chi connectivity index (χ2n) is 7.04. The molecule has 0 atom stereocenters. The summed E-state index contributed by atoms with van der Waals surface area (Å²) in [6.45, 7) is 6.38.